The lowest BCUT2D eigenvalue weighted by Crippen LogP contribution is -1.84. The SMILES string of the molecule is O=Cc1ccc(-c2ccc(F)cc2)cc1Cl. The van der Waals surface area contributed by atoms with E-state index >= 15 is 0 Å². The van der Waals surface area contributed by atoms with Gasteiger partial charge in [0, 0.05) is 5.56 Å². The molecule has 0 radical (unpaired) electrons. The van der Waals surface area contributed by atoms with E-state index < -0.39 is 0 Å². The predicted octanol–water partition coefficient (Wildman–Crippen LogP) is 3.96. The third-order valence-electron chi connectivity index (χ3n) is 2.30. The maximum atomic E-state index is 12.7. The largest absolute Gasteiger partial charge is 0.298 e. The van der Waals surface area contributed by atoms with Gasteiger partial charge in [-0.05, 0) is 35.4 Å². The first-order valence-corrected chi connectivity index (χ1v) is 5.09. The van der Waals surface area contributed by atoms with Crippen molar-refractivity contribution < 1.29 is 9.18 Å². The van der Waals surface area contributed by atoms with E-state index in [1.54, 1.807) is 30.3 Å². The molecule has 0 fully saturated rings. The third-order valence-corrected chi connectivity index (χ3v) is 2.63. The monoisotopic (exact) mass is 234 g/mol. The Morgan fingerprint density at radius 1 is 1.00 bits per heavy atom. The molecule has 0 saturated heterocycles. The van der Waals surface area contributed by atoms with Crippen molar-refractivity contribution >= 4 is 17.9 Å². The Kier molecular flexibility index (Phi) is 3.02. The van der Waals surface area contributed by atoms with E-state index in [2.05, 4.69) is 0 Å². The molecule has 0 unspecified atom stereocenters. The van der Waals surface area contributed by atoms with Crippen molar-refractivity contribution in [3.8, 4) is 11.1 Å². The summed E-state index contributed by atoms with van der Waals surface area (Å²) in [6.45, 7) is 0. The summed E-state index contributed by atoms with van der Waals surface area (Å²) in [7, 11) is 0. The summed E-state index contributed by atoms with van der Waals surface area (Å²) in [4.78, 5) is 10.6. The Bertz CT molecular complexity index is 520. The first-order chi connectivity index (χ1) is 7.70. The van der Waals surface area contributed by atoms with Crippen LogP contribution >= 0.6 is 11.6 Å². The van der Waals surface area contributed by atoms with Gasteiger partial charge in [0.15, 0.2) is 6.29 Å². The molecule has 0 spiro atoms. The molecule has 2 rings (SSSR count). The molecule has 2 aromatic rings. The molecule has 0 aliphatic heterocycles. The Morgan fingerprint density at radius 2 is 1.62 bits per heavy atom. The number of carbonyl (C=O) groups excluding carboxylic acids is 1. The lowest BCUT2D eigenvalue weighted by Gasteiger charge is -2.03. The van der Waals surface area contributed by atoms with Crippen molar-refractivity contribution in [2.75, 3.05) is 0 Å². The van der Waals surface area contributed by atoms with Gasteiger partial charge in [0.2, 0.25) is 0 Å². The van der Waals surface area contributed by atoms with Gasteiger partial charge in [0.25, 0.3) is 0 Å². The van der Waals surface area contributed by atoms with Crippen molar-refractivity contribution in [3.05, 3.63) is 58.9 Å². The lowest BCUT2D eigenvalue weighted by molar-refractivity contribution is 0.112. The summed E-state index contributed by atoms with van der Waals surface area (Å²) in [5, 5.41) is 0.400. The molecule has 0 aromatic heterocycles. The van der Waals surface area contributed by atoms with Crippen molar-refractivity contribution in [1.29, 1.82) is 0 Å². The van der Waals surface area contributed by atoms with Crippen LogP contribution < -0.4 is 0 Å². The number of hydrogen-bond acceptors (Lipinski definition) is 1. The molecule has 1 nitrogen and oxygen atoms in total. The normalized spacial score (nSPS) is 10.1. The number of carbonyl (C=O) groups is 1. The lowest BCUT2D eigenvalue weighted by atomic mass is 10.0. The zero-order valence-electron chi connectivity index (χ0n) is 8.28. The number of aldehydes is 1. The first kappa shape index (κ1) is 10.8. The van der Waals surface area contributed by atoms with Gasteiger partial charge in [-0.25, -0.2) is 4.39 Å². The van der Waals surface area contributed by atoms with Crippen molar-refractivity contribution in [1.82, 2.24) is 0 Å². The number of rotatable bonds is 2. The number of benzene rings is 2. The second-order valence-electron chi connectivity index (χ2n) is 3.36. The average molecular weight is 235 g/mol. The Morgan fingerprint density at radius 3 is 2.19 bits per heavy atom. The maximum absolute atomic E-state index is 12.7. The maximum Gasteiger partial charge on any atom is 0.151 e. The molecule has 2 aromatic carbocycles. The van der Waals surface area contributed by atoms with Gasteiger partial charge in [0.05, 0.1) is 5.02 Å². The minimum atomic E-state index is -0.278. The van der Waals surface area contributed by atoms with Gasteiger partial charge >= 0.3 is 0 Å². The molecule has 0 N–H and O–H groups in total. The van der Waals surface area contributed by atoms with Crippen LogP contribution in [-0.2, 0) is 0 Å². The molecule has 0 saturated carbocycles. The second kappa shape index (κ2) is 4.45. The molecule has 0 amide bonds. The summed E-state index contributed by atoms with van der Waals surface area (Å²) < 4.78 is 12.7. The average Bonchev–Trinajstić information content (AvgIpc) is 2.30. The molecule has 0 aliphatic rings. The molecule has 80 valence electrons. The highest BCUT2D eigenvalue weighted by atomic mass is 35.5. The minimum absolute atomic E-state index is 0.278. The number of hydrogen-bond donors (Lipinski definition) is 0. The highest BCUT2D eigenvalue weighted by Crippen LogP contribution is 2.24. The van der Waals surface area contributed by atoms with Gasteiger partial charge in [-0.3, -0.25) is 4.79 Å². The summed E-state index contributed by atoms with van der Waals surface area (Å²) in [5.74, 6) is -0.278. The van der Waals surface area contributed by atoms with Crippen LogP contribution in [0.3, 0.4) is 0 Å². The molecular weight excluding hydrogens is 227 g/mol. The van der Waals surface area contributed by atoms with Crippen molar-refractivity contribution in [2.24, 2.45) is 0 Å². The van der Waals surface area contributed by atoms with Crippen molar-refractivity contribution in [2.45, 2.75) is 0 Å². The van der Waals surface area contributed by atoms with Gasteiger partial charge in [-0.2, -0.15) is 0 Å². The first-order valence-electron chi connectivity index (χ1n) is 4.71. The van der Waals surface area contributed by atoms with Crippen LogP contribution in [0.2, 0.25) is 5.02 Å². The fraction of sp³-hybridized carbons (Fsp3) is 0. The molecule has 0 atom stereocenters. The van der Waals surface area contributed by atoms with E-state index in [1.165, 1.54) is 12.1 Å². The second-order valence-corrected chi connectivity index (χ2v) is 3.77. The van der Waals surface area contributed by atoms with Crippen LogP contribution in [0.25, 0.3) is 11.1 Å². The predicted molar refractivity (Wildman–Crippen MR) is 62.2 cm³/mol. The van der Waals surface area contributed by atoms with E-state index in [0.717, 1.165) is 11.1 Å². The minimum Gasteiger partial charge on any atom is -0.298 e. The molecular formula is C13H8ClFO. The fourth-order valence-corrected chi connectivity index (χ4v) is 1.67. The zero-order valence-corrected chi connectivity index (χ0v) is 9.04. The summed E-state index contributed by atoms with van der Waals surface area (Å²) in [6, 6.07) is 11.2. The van der Waals surface area contributed by atoms with Gasteiger partial charge in [-0.1, -0.05) is 29.8 Å². The Hall–Kier alpha value is -1.67. The Labute approximate surface area is 97.5 Å². The van der Waals surface area contributed by atoms with Gasteiger partial charge in [-0.15, -0.1) is 0 Å². The highest BCUT2D eigenvalue weighted by molar-refractivity contribution is 6.33. The quantitative estimate of drug-likeness (QED) is 0.719. The summed E-state index contributed by atoms with van der Waals surface area (Å²) in [5.41, 5.74) is 2.17. The van der Waals surface area contributed by atoms with E-state index in [0.29, 0.717) is 16.9 Å². The zero-order chi connectivity index (χ0) is 11.5. The molecule has 3 heteroatoms. The van der Waals surface area contributed by atoms with E-state index in [-0.39, 0.29) is 5.82 Å². The molecule has 16 heavy (non-hydrogen) atoms. The van der Waals surface area contributed by atoms with Gasteiger partial charge < -0.3 is 0 Å². The fourth-order valence-electron chi connectivity index (χ4n) is 1.44. The number of halogens is 2. The van der Waals surface area contributed by atoms with Crippen LogP contribution in [0.5, 0.6) is 0 Å². The topological polar surface area (TPSA) is 17.1 Å². The van der Waals surface area contributed by atoms with Crippen LogP contribution in [0.1, 0.15) is 10.4 Å². The van der Waals surface area contributed by atoms with Crippen molar-refractivity contribution in [3.63, 3.8) is 0 Å². The van der Waals surface area contributed by atoms with E-state index in [4.69, 9.17) is 11.6 Å². The third kappa shape index (κ3) is 2.12. The summed E-state index contributed by atoms with van der Waals surface area (Å²) >= 11 is 5.91. The van der Waals surface area contributed by atoms with E-state index in [9.17, 15) is 9.18 Å². The van der Waals surface area contributed by atoms with Crippen LogP contribution in [-0.4, -0.2) is 6.29 Å². The Balaban J connectivity index is 2.45. The molecule has 0 heterocycles. The van der Waals surface area contributed by atoms with Gasteiger partial charge in [0.1, 0.15) is 5.82 Å². The van der Waals surface area contributed by atoms with Crippen LogP contribution in [0, 0.1) is 5.82 Å². The standard InChI is InChI=1S/C13H8ClFO/c14-13-7-10(1-2-11(13)8-16)9-3-5-12(15)6-4-9/h1-8H. The van der Waals surface area contributed by atoms with Crippen LogP contribution in [0.15, 0.2) is 42.5 Å². The summed E-state index contributed by atoms with van der Waals surface area (Å²) in [6.07, 6.45) is 0.705. The molecule has 0 aliphatic carbocycles. The smallest absolute Gasteiger partial charge is 0.151 e. The van der Waals surface area contributed by atoms with E-state index in [1.807, 2.05) is 0 Å². The van der Waals surface area contributed by atoms with Crippen LogP contribution in [0.4, 0.5) is 4.39 Å². The highest BCUT2D eigenvalue weighted by Gasteiger charge is 2.02. The molecule has 0 bridgehead atoms.